The first-order valence-corrected chi connectivity index (χ1v) is 11.5. The molecule has 1 aliphatic carbocycles. The summed E-state index contributed by atoms with van der Waals surface area (Å²) in [6.45, 7) is 4.18. The number of rotatable bonds is 4. The number of carbonyl (C=O) groups excluding carboxylic acids is 4. The van der Waals surface area contributed by atoms with Crippen molar-refractivity contribution in [2.45, 2.75) is 33.1 Å². The fourth-order valence-electron chi connectivity index (χ4n) is 5.09. The third-order valence-electron chi connectivity index (χ3n) is 6.89. The van der Waals surface area contributed by atoms with E-state index in [0.29, 0.717) is 18.5 Å². The van der Waals surface area contributed by atoms with Gasteiger partial charge in [0.05, 0.1) is 23.4 Å². The molecule has 2 saturated heterocycles. The number of benzene rings is 2. The number of esters is 1. The van der Waals surface area contributed by atoms with Crippen LogP contribution in [0.15, 0.2) is 60.2 Å². The predicted octanol–water partition coefficient (Wildman–Crippen LogP) is 3.80. The summed E-state index contributed by atoms with van der Waals surface area (Å²) >= 11 is 0. The maximum Gasteiger partial charge on any atom is 0.316 e. The molecule has 5 rings (SSSR count). The van der Waals surface area contributed by atoms with Crippen molar-refractivity contribution in [2.75, 3.05) is 16.3 Å². The molecule has 0 bridgehead atoms. The largest absolute Gasteiger partial charge is 0.426 e. The Kier molecular flexibility index (Phi) is 5.55. The standard InChI is InChI=1S/C27H26N2O5/c1-16-5-3-6-19(11-16)28-15-18(13-24(28)30)27(33)34-21-8-4-7-20(14-21)29-25(31)22-10-9-17(2)12-23(22)26(29)32/h3-9,11,14,18,22-23H,10,12-13,15H2,1-2H3/t18-,22+,23+/m1/s1. The second kappa shape index (κ2) is 8.56. The number of hydrogen-bond donors (Lipinski definition) is 0. The summed E-state index contributed by atoms with van der Waals surface area (Å²) < 4.78 is 5.58. The Morgan fingerprint density at radius 1 is 0.912 bits per heavy atom. The number of anilines is 2. The number of amides is 3. The van der Waals surface area contributed by atoms with Gasteiger partial charge in [0, 0.05) is 24.7 Å². The van der Waals surface area contributed by atoms with Crippen LogP contribution in [0.3, 0.4) is 0 Å². The van der Waals surface area contributed by atoms with E-state index in [1.165, 1.54) is 4.90 Å². The number of carbonyl (C=O) groups is 4. The molecular weight excluding hydrogens is 432 g/mol. The van der Waals surface area contributed by atoms with E-state index >= 15 is 0 Å². The first-order valence-electron chi connectivity index (χ1n) is 11.5. The van der Waals surface area contributed by atoms with Crippen LogP contribution < -0.4 is 14.5 Å². The third-order valence-corrected chi connectivity index (χ3v) is 6.89. The van der Waals surface area contributed by atoms with Gasteiger partial charge in [-0.3, -0.25) is 19.2 Å². The highest BCUT2D eigenvalue weighted by Crippen LogP contribution is 2.40. The lowest BCUT2D eigenvalue weighted by Crippen LogP contribution is -2.31. The van der Waals surface area contributed by atoms with Crippen LogP contribution in [0.25, 0.3) is 0 Å². The second-order valence-corrected chi connectivity index (χ2v) is 9.38. The Labute approximate surface area is 198 Å². The molecule has 0 N–H and O–H groups in total. The van der Waals surface area contributed by atoms with Crippen molar-refractivity contribution in [2.24, 2.45) is 17.8 Å². The molecule has 0 saturated carbocycles. The van der Waals surface area contributed by atoms with E-state index in [1.54, 1.807) is 29.2 Å². The molecule has 2 fully saturated rings. The summed E-state index contributed by atoms with van der Waals surface area (Å²) in [5, 5.41) is 0. The van der Waals surface area contributed by atoms with Crippen LogP contribution in [-0.2, 0) is 19.2 Å². The quantitative estimate of drug-likeness (QED) is 0.301. The number of nitrogens with zero attached hydrogens (tertiary/aromatic N) is 2. The number of fused-ring (bicyclic) bond motifs is 1. The fourth-order valence-corrected chi connectivity index (χ4v) is 5.09. The molecular formula is C27H26N2O5. The van der Waals surface area contributed by atoms with Gasteiger partial charge >= 0.3 is 5.97 Å². The normalized spacial score (nSPS) is 24.4. The molecule has 174 valence electrons. The summed E-state index contributed by atoms with van der Waals surface area (Å²) in [4.78, 5) is 54.2. The number of allylic oxidation sites excluding steroid dienone is 2. The minimum atomic E-state index is -0.594. The maximum absolute atomic E-state index is 13.0. The highest BCUT2D eigenvalue weighted by molar-refractivity contribution is 6.22. The summed E-state index contributed by atoms with van der Waals surface area (Å²) in [5.41, 5.74) is 3.32. The summed E-state index contributed by atoms with van der Waals surface area (Å²) in [7, 11) is 0. The monoisotopic (exact) mass is 458 g/mol. The van der Waals surface area contributed by atoms with Crippen molar-refractivity contribution in [3.05, 3.63) is 65.7 Å². The highest BCUT2D eigenvalue weighted by Gasteiger charge is 2.48. The Morgan fingerprint density at radius 3 is 2.44 bits per heavy atom. The lowest BCUT2D eigenvalue weighted by molar-refractivity contribution is -0.139. The van der Waals surface area contributed by atoms with Crippen molar-refractivity contribution in [1.82, 2.24) is 0 Å². The molecule has 2 aromatic rings. The zero-order valence-corrected chi connectivity index (χ0v) is 19.2. The van der Waals surface area contributed by atoms with Crippen LogP contribution >= 0.6 is 0 Å². The van der Waals surface area contributed by atoms with Gasteiger partial charge in [-0.2, -0.15) is 0 Å². The van der Waals surface area contributed by atoms with E-state index < -0.39 is 11.9 Å². The summed E-state index contributed by atoms with van der Waals surface area (Å²) in [6, 6.07) is 14.1. The Bertz CT molecular complexity index is 1230. The molecule has 3 aliphatic rings. The van der Waals surface area contributed by atoms with Crippen LogP contribution in [0.4, 0.5) is 11.4 Å². The zero-order valence-electron chi connectivity index (χ0n) is 19.2. The molecule has 7 nitrogen and oxygen atoms in total. The smallest absolute Gasteiger partial charge is 0.316 e. The number of hydrogen-bond acceptors (Lipinski definition) is 5. The van der Waals surface area contributed by atoms with E-state index in [4.69, 9.17) is 4.74 Å². The number of imide groups is 1. The summed E-state index contributed by atoms with van der Waals surface area (Å²) in [5.74, 6) is -2.06. The SMILES string of the molecule is CC1=CC[C@@H]2C(=O)N(c3cccc(OC(=O)[C@@H]4CC(=O)N(c5cccc(C)c5)C4)c3)C(=O)[C@H]2C1. The highest BCUT2D eigenvalue weighted by atomic mass is 16.5. The van der Waals surface area contributed by atoms with Gasteiger partial charge in [-0.1, -0.05) is 29.8 Å². The molecule has 34 heavy (non-hydrogen) atoms. The van der Waals surface area contributed by atoms with Crippen LogP contribution in [0.2, 0.25) is 0 Å². The van der Waals surface area contributed by atoms with Gasteiger partial charge in [-0.05, 0) is 56.5 Å². The molecule has 3 atom stereocenters. The molecule has 0 spiro atoms. The van der Waals surface area contributed by atoms with Gasteiger partial charge in [-0.15, -0.1) is 0 Å². The maximum atomic E-state index is 13.0. The van der Waals surface area contributed by atoms with E-state index in [1.807, 2.05) is 44.2 Å². The number of ether oxygens (including phenoxy) is 1. The molecule has 3 amide bonds. The average molecular weight is 459 g/mol. The van der Waals surface area contributed by atoms with E-state index in [-0.39, 0.29) is 48.3 Å². The van der Waals surface area contributed by atoms with E-state index in [0.717, 1.165) is 16.8 Å². The Morgan fingerprint density at radius 2 is 1.65 bits per heavy atom. The van der Waals surface area contributed by atoms with Crippen LogP contribution in [0, 0.1) is 24.7 Å². The second-order valence-electron chi connectivity index (χ2n) is 9.38. The lowest BCUT2D eigenvalue weighted by atomic mass is 9.82. The van der Waals surface area contributed by atoms with Crippen LogP contribution in [0.1, 0.15) is 31.7 Å². The van der Waals surface area contributed by atoms with Gasteiger partial charge in [0.2, 0.25) is 17.7 Å². The first-order chi connectivity index (χ1) is 16.3. The van der Waals surface area contributed by atoms with Gasteiger partial charge < -0.3 is 9.64 Å². The van der Waals surface area contributed by atoms with Crippen molar-refractivity contribution in [3.63, 3.8) is 0 Å². The van der Waals surface area contributed by atoms with E-state index in [2.05, 4.69) is 0 Å². The van der Waals surface area contributed by atoms with Crippen molar-refractivity contribution in [1.29, 1.82) is 0 Å². The summed E-state index contributed by atoms with van der Waals surface area (Å²) in [6.07, 6.45) is 3.26. The Hall–Kier alpha value is -3.74. The molecule has 0 aromatic heterocycles. The van der Waals surface area contributed by atoms with Gasteiger partial charge in [0.25, 0.3) is 0 Å². The molecule has 2 heterocycles. The van der Waals surface area contributed by atoms with Gasteiger partial charge in [-0.25, -0.2) is 4.90 Å². The van der Waals surface area contributed by atoms with Crippen molar-refractivity contribution in [3.8, 4) is 5.75 Å². The average Bonchev–Trinajstić information content (AvgIpc) is 3.31. The lowest BCUT2D eigenvalue weighted by Gasteiger charge is -2.18. The Balaban J connectivity index is 1.29. The van der Waals surface area contributed by atoms with Crippen molar-refractivity contribution >= 4 is 35.1 Å². The first kappa shape index (κ1) is 22.1. The fraction of sp³-hybridized carbons (Fsp3) is 0.333. The molecule has 2 aliphatic heterocycles. The molecule has 0 unspecified atom stereocenters. The molecule has 0 radical (unpaired) electrons. The van der Waals surface area contributed by atoms with Crippen LogP contribution in [0.5, 0.6) is 5.75 Å². The molecule has 2 aromatic carbocycles. The minimum Gasteiger partial charge on any atom is -0.426 e. The minimum absolute atomic E-state index is 0.0747. The van der Waals surface area contributed by atoms with E-state index in [9.17, 15) is 19.2 Å². The zero-order chi connectivity index (χ0) is 24.0. The molecule has 7 heteroatoms. The van der Waals surface area contributed by atoms with Crippen molar-refractivity contribution < 1.29 is 23.9 Å². The van der Waals surface area contributed by atoms with Crippen LogP contribution in [-0.4, -0.2) is 30.2 Å². The van der Waals surface area contributed by atoms with Gasteiger partial charge in [0.15, 0.2) is 0 Å². The predicted molar refractivity (Wildman–Crippen MR) is 126 cm³/mol. The number of aryl methyl sites for hydroxylation is 1. The van der Waals surface area contributed by atoms with Gasteiger partial charge in [0.1, 0.15) is 5.75 Å². The topological polar surface area (TPSA) is 84.0 Å². The third kappa shape index (κ3) is 3.91.